The van der Waals surface area contributed by atoms with Crippen molar-refractivity contribution in [2.45, 2.75) is 45.6 Å². The Morgan fingerprint density at radius 2 is 1.75 bits per heavy atom. The molecule has 3 heteroatoms. The van der Waals surface area contributed by atoms with Crippen molar-refractivity contribution < 1.29 is 5.11 Å². The second-order valence-corrected chi connectivity index (χ2v) is 7.79. The third-order valence-electron chi connectivity index (χ3n) is 5.44. The molecular weight excluding hydrogens is 248 g/mol. The molecule has 4 atom stereocenters. The summed E-state index contributed by atoms with van der Waals surface area (Å²) in [5.74, 6) is 2.74. The normalized spacial score (nSPS) is 37.5. The monoisotopic (exact) mass is 282 g/mol. The van der Waals surface area contributed by atoms with Crippen LogP contribution in [0, 0.1) is 23.7 Å². The molecule has 1 N–H and O–H groups in total. The minimum Gasteiger partial charge on any atom is -0.393 e. The highest BCUT2D eigenvalue weighted by Crippen LogP contribution is 2.34. The van der Waals surface area contributed by atoms with Crippen molar-refractivity contribution in [3.8, 4) is 0 Å². The predicted molar refractivity (Wildman–Crippen MR) is 84.8 cm³/mol. The molecule has 1 aliphatic carbocycles. The van der Waals surface area contributed by atoms with Gasteiger partial charge in [0.25, 0.3) is 0 Å². The Hall–Kier alpha value is -0.120. The smallest absolute Gasteiger partial charge is 0.0585 e. The fourth-order valence-corrected chi connectivity index (χ4v) is 4.34. The average molecular weight is 282 g/mol. The Bertz CT molecular complexity index is 275. The van der Waals surface area contributed by atoms with Crippen molar-refractivity contribution in [1.29, 1.82) is 0 Å². The minimum absolute atomic E-state index is 0.0757. The van der Waals surface area contributed by atoms with E-state index in [4.69, 9.17) is 0 Å². The molecule has 0 aromatic rings. The van der Waals surface area contributed by atoms with Crippen molar-refractivity contribution in [2.24, 2.45) is 23.7 Å². The molecule has 3 nitrogen and oxygen atoms in total. The van der Waals surface area contributed by atoms with Crippen molar-refractivity contribution >= 4 is 0 Å². The third-order valence-corrected chi connectivity index (χ3v) is 5.44. The number of rotatable bonds is 4. The molecule has 0 amide bonds. The lowest BCUT2D eigenvalue weighted by Gasteiger charge is -2.41. The van der Waals surface area contributed by atoms with Crippen LogP contribution in [0.3, 0.4) is 0 Å². The van der Waals surface area contributed by atoms with Crippen LogP contribution in [-0.2, 0) is 0 Å². The number of hydrogen-bond acceptors (Lipinski definition) is 3. The number of aliphatic hydroxyl groups excluding tert-OH is 1. The summed E-state index contributed by atoms with van der Waals surface area (Å²) in [6.45, 7) is 9.41. The van der Waals surface area contributed by atoms with E-state index >= 15 is 0 Å². The number of likely N-dealkylation sites (tertiary alicyclic amines) is 1. The first-order valence-electron chi connectivity index (χ1n) is 8.50. The summed E-state index contributed by atoms with van der Waals surface area (Å²) in [5.41, 5.74) is 0. The Morgan fingerprint density at radius 1 is 1.10 bits per heavy atom. The van der Waals surface area contributed by atoms with Crippen LogP contribution in [0.5, 0.6) is 0 Å². The molecule has 0 bridgehead atoms. The van der Waals surface area contributed by atoms with Crippen LogP contribution in [-0.4, -0.2) is 61.3 Å². The highest BCUT2D eigenvalue weighted by Gasteiger charge is 2.34. The van der Waals surface area contributed by atoms with Crippen molar-refractivity contribution in [3.63, 3.8) is 0 Å². The SMILES string of the molecule is CC1CC(C)C(CN2CCC(CN(C)C)CC2)C(O)C1. The van der Waals surface area contributed by atoms with E-state index in [1.165, 1.54) is 38.9 Å². The predicted octanol–water partition coefficient (Wildman–Crippen LogP) is 2.30. The maximum atomic E-state index is 10.4. The fourth-order valence-electron chi connectivity index (χ4n) is 4.34. The van der Waals surface area contributed by atoms with Gasteiger partial charge in [0.15, 0.2) is 0 Å². The molecule has 0 aromatic heterocycles. The second kappa shape index (κ2) is 7.24. The Morgan fingerprint density at radius 3 is 2.30 bits per heavy atom. The Kier molecular flexibility index (Phi) is 5.88. The minimum atomic E-state index is -0.0757. The highest BCUT2D eigenvalue weighted by atomic mass is 16.3. The van der Waals surface area contributed by atoms with Gasteiger partial charge in [0, 0.05) is 19.0 Å². The van der Waals surface area contributed by atoms with Gasteiger partial charge in [0.1, 0.15) is 0 Å². The maximum Gasteiger partial charge on any atom is 0.0585 e. The van der Waals surface area contributed by atoms with Crippen LogP contribution >= 0.6 is 0 Å². The Labute approximate surface area is 125 Å². The second-order valence-electron chi connectivity index (χ2n) is 7.79. The van der Waals surface area contributed by atoms with E-state index in [2.05, 4.69) is 37.7 Å². The van der Waals surface area contributed by atoms with E-state index in [9.17, 15) is 5.11 Å². The first kappa shape index (κ1) is 16.3. The fraction of sp³-hybridized carbons (Fsp3) is 1.00. The molecule has 0 aromatic carbocycles. The van der Waals surface area contributed by atoms with Gasteiger partial charge < -0.3 is 14.9 Å². The van der Waals surface area contributed by atoms with Crippen molar-refractivity contribution in [2.75, 3.05) is 40.3 Å². The molecule has 118 valence electrons. The molecular formula is C17H34N2O. The number of nitrogens with zero attached hydrogens (tertiary/aromatic N) is 2. The molecule has 0 radical (unpaired) electrons. The van der Waals surface area contributed by atoms with Crippen molar-refractivity contribution in [1.82, 2.24) is 9.80 Å². The lowest BCUT2D eigenvalue weighted by molar-refractivity contribution is -0.00748. The largest absolute Gasteiger partial charge is 0.393 e. The summed E-state index contributed by atoms with van der Waals surface area (Å²) in [5, 5.41) is 10.4. The van der Waals surface area contributed by atoms with Crippen LogP contribution in [0.25, 0.3) is 0 Å². The van der Waals surface area contributed by atoms with Crippen LogP contribution in [0.15, 0.2) is 0 Å². The van der Waals surface area contributed by atoms with Gasteiger partial charge in [-0.3, -0.25) is 0 Å². The highest BCUT2D eigenvalue weighted by molar-refractivity contribution is 4.86. The molecule has 2 rings (SSSR count). The summed E-state index contributed by atoms with van der Waals surface area (Å²) in [6.07, 6.45) is 4.87. The standard InChI is InChI=1S/C17H34N2O/c1-13-9-14(2)16(17(20)10-13)12-19-7-5-15(6-8-19)11-18(3)4/h13-17,20H,5-12H2,1-4H3. The molecule has 1 saturated heterocycles. The van der Waals surface area contributed by atoms with Gasteiger partial charge in [-0.2, -0.15) is 0 Å². The summed E-state index contributed by atoms with van der Waals surface area (Å²) in [7, 11) is 4.35. The number of hydrogen-bond donors (Lipinski definition) is 1. The summed E-state index contributed by atoms with van der Waals surface area (Å²) >= 11 is 0. The molecule has 0 spiro atoms. The van der Waals surface area contributed by atoms with E-state index in [1.807, 2.05) is 0 Å². The Balaban J connectivity index is 1.77. The van der Waals surface area contributed by atoms with Crippen LogP contribution in [0.4, 0.5) is 0 Å². The maximum absolute atomic E-state index is 10.4. The summed E-state index contributed by atoms with van der Waals surface area (Å²) in [4.78, 5) is 4.92. The first-order valence-corrected chi connectivity index (χ1v) is 8.50. The number of piperidine rings is 1. The van der Waals surface area contributed by atoms with Crippen LogP contribution in [0.2, 0.25) is 0 Å². The summed E-state index contributed by atoms with van der Waals surface area (Å²) < 4.78 is 0. The molecule has 20 heavy (non-hydrogen) atoms. The van der Waals surface area contributed by atoms with Gasteiger partial charge >= 0.3 is 0 Å². The number of aliphatic hydroxyl groups is 1. The van der Waals surface area contributed by atoms with E-state index in [-0.39, 0.29) is 6.10 Å². The van der Waals surface area contributed by atoms with Crippen LogP contribution in [0.1, 0.15) is 39.5 Å². The van der Waals surface area contributed by atoms with Crippen LogP contribution < -0.4 is 0 Å². The molecule has 2 aliphatic rings. The van der Waals surface area contributed by atoms with Gasteiger partial charge in [-0.05, 0) is 70.6 Å². The third kappa shape index (κ3) is 4.44. The van der Waals surface area contributed by atoms with Gasteiger partial charge in [0.05, 0.1) is 6.10 Å². The molecule has 1 aliphatic heterocycles. The van der Waals surface area contributed by atoms with E-state index in [0.29, 0.717) is 17.8 Å². The zero-order valence-corrected chi connectivity index (χ0v) is 13.9. The van der Waals surface area contributed by atoms with E-state index < -0.39 is 0 Å². The van der Waals surface area contributed by atoms with Gasteiger partial charge in [-0.25, -0.2) is 0 Å². The molecule has 2 fully saturated rings. The molecule has 4 unspecified atom stereocenters. The zero-order chi connectivity index (χ0) is 14.7. The van der Waals surface area contributed by atoms with E-state index in [0.717, 1.165) is 18.9 Å². The van der Waals surface area contributed by atoms with Gasteiger partial charge in [-0.15, -0.1) is 0 Å². The first-order chi connectivity index (χ1) is 9.45. The lowest BCUT2D eigenvalue weighted by Crippen LogP contribution is -2.45. The topological polar surface area (TPSA) is 26.7 Å². The quantitative estimate of drug-likeness (QED) is 0.857. The molecule has 1 heterocycles. The zero-order valence-electron chi connectivity index (χ0n) is 13.9. The van der Waals surface area contributed by atoms with Gasteiger partial charge in [0.2, 0.25) is 0 Å². The van der Waals surface area contributed by atoms with E-state index in [1.54, 1.807) is 0 Å². The van der Waals surface area contributed by atoms with Crippen molar-refractivity contribution in [3.05, 3.63) is 0 Å². The van der Waals surface area contributed by atoms with Gasteiger partial charge in [-0.1, -0.05) is 13.8 Å². The lowest BCUT2D eigenvalue weighted by atomic mass is 9.73. The molecule has 1 saturated carbocycles. The summed E-state index contributed by atoms with van der Waals surface area (Å²) in [6, 6.07) is 0. The average Bonchev–Trinajstić information content (AvgIpc) is 2.35.